The summed E-state index contributed by atoms with van der Waals surface area (Å²) < 4.78 is 10.3. The van der Waals surface area contributed by atoms with Gasteiger partial charge in [0.15, 0.2) is 0 Å². The van der Waals surface area contributed by atoms with E-state index in [1.54, 1.807) is 80.9 Å². The number of benzene rings is 3. The highest BCUT2D eigenvalue weighted by Gasteiger charge is 2.13. The Hall–Kier alpha value is -3.80. The number of nitrogens with one attached hydrogen (secondary N) is 2. The van der Waals surface area contributed by atoms with Crippen LogP contribution in [-0.2, 0) is 0 Å². The summed E-state index contributed by atoms with van der Waals surface area (Å²) in [5.41, 5.74) is 2.94. The molecule has 0 heterocycles. The van der Waals surface area contributed by atoms with Crippen LogP contribution in [0.2, 0.25) is 0 Å². The summed E-state index contributed by atoms with van der Waals surface area (Å²) in [6.07, 6.45) is 0. The van der Waals surface area contributed by atoms with Crippen molar-refractivity contribution in [1.82, 2.24) is 0 Å². The van der Waals surface area contributed by atoms with Crippen molar-refractivity contribution in [1.29, 1.82) is 0 Å². The van der Waals surface area contributed by atoms with E-state index in [0.717, 1.165) is 5.56 Å². The summed E-state index contributed by atoms with van der Waals surface area (Å²) in [4.78, 5) is 25.2. The van der Waals surface area contributed by atoms with Crippen molar-refractivity contribution in [2.45, 2.75) is 6.92 Å². The minimum absolute atomic E-state index is 0.261. The van der Waals surface area contributed by atoms with E-state index in [9.17, 15) is 9.59 Å². The monoisotopic (exact) mass is 390 g/mol. The average molecular weight is 390 g/mol. The molecule has 148 valence electrons. The van der Waals surface area contributed by atoms with Gasteiger partial charge in [-0.15, -0.1) is 0 Å². The van der Waals surface area contributed by atoms with Crippen molar-refractivity contribution in [2.75, 3.05) is 24.9 Å². The van der Waals surface area contributed by atoms with E-state index in [1.165, 1.54) is 0 Å². The highest BCUT2D eigenvalue weighted by atomic mass is 16.5. The van der Waals surface area contributed by atoms with Crippen LogP contribution in [0.1, 0.15) is 26.3 Å². The maximum Gasteiger partial charge on any atom is 0.255 e. The Labute approximate surface area is 169 Å². The van der Waals surface area contributed by atoms with Gasteiger partial charge in [0.1, 0.15) is 11.5 Å². The zero-order chi connectivity index (χ0) is 20.8. The van der Waals surface area contributed by atoms with Crippen molar-refractivity contribution in [3.63, 3.8) is 0 Å². The van der Waals surface area contributed by atoms with E-state index < -0.39 is 0 Å². The molecule has 2 N–H and O–H groups in total. The molecule has 0 unspecified atom stereocenters. The second kappa shape index (κ2) is 8.93. The summed E-state index contributed by atoms with van der Waals surface area (Å²) in [6, 6.07) is 19.2. The van der Waals surface area contributed by atoms with Gasteiger partial charge in [0.05, 0.1) is 14.2 Å². The zero-order valence-electron chi connectivity index (χ0n) is 16.5. The molecule has 0 aliphatic heterocycles. The molecule has 0 bridgehead atoms. The molecule has 3 aromatic rings. The first-order valence-electron chi connectivity index (χ1n) is 9.02. The number of ether oxygens (including phenoxy) is 2. The largest absolute Gasteiger partial charge is 0.497 e. The fourth-order valence-electron chi connectivity index (χ4n) is 2.82. The predicted octanol–water partition coefficient (Wildman–Crippen LogP) is 4.52. The fraction of sp³-hybridized carbons (Fsp3) is 0.130. The van der Waals surface area contributed by atoms with Crippen LogP contribution in [-0.4, -0.2) is 26.0 Å². The van der Waals surface area contributed by atoms with Gasteiger partial charge in [-0.2, -0.15) is 0 Å². The number of amides is 2. The number of carbonyl (C=O) groups excluding carboxylic acids is 2. The van der Waals surface area contributed by atoms with Gasteiger partial charge in [0.25, 0.3) is 11.8 Å². The first-order valence-corrected chi connectivity index (χ1v) is 9.02. The van der Waals surface area contributed by atoms with Crippen molar-refractivity contribution >= 4 is 23.2 Å². The summed E-state index contributed by atoms with van der Waals surface area (Å²) in [5, 5.41) is 5.77. The second-order valence-corrected chi connectivity index (χ2v) is 6.35. The molecule has 29 heavy (non-hydrogen) atoms. The van der Waals surface area contributed by atoms with Crippen molar-refractivity contribution < 1.29 is 19.1 Å². The third-order valence-corrected chi connectivity index (χ3v) is 4.49. The number of rotatable bonds is 6. The smallest absolute Gasteiger partial charge is 0.255 e. The van der Waals surface area contributed by atoms with Gasteiger partial charge < -0.3 is 20.1 Å². The summed E-state index contributed by atoms with van der Waals surface area (Å²) in [6.45, 7) is 1.84. The zero-order valence-corrected chi connectivity index (χ0v) is 16.5. The fourth-order valence-corrected chi connectivity index (χ4v) is 2.82. The van der Waals surface area contributed by atoms with Crippen LogP contribution in [0.15, 0.2) is 66.7 Å². The lowest BCUT2D eigenvalue weighted by Gasteiger charge is -2.14. The van der Waals surface area contributed by atoms with Crippen LogP contribution in [0.25, 0.3) is 0 Å². The van der Waals surface area contributed by atoms with E-state index >= 15 is 0 Å². The molecule has 2 amide bonds. The summed E-state index contributed by atoms with van der Waals surface area (Å²) >= 11 is 0. The maximum absolute atomic E-state index is 12.6. The van der Waals surface area contributed by atoms with Crippen LogP contribution in [0.4, 0.5) is 11.4 Å². The maximum atomic E-state index is 12.6. The Kier molecular flexibility index (Phi) is 6.14. The van der Waals surface area contributed by atoms with E-state index in [1.807, 2.05) is 6.92 Å². The van der Waals surface area contributed by atoms with Gasteiger partial charge in [-0.25, -0.2) is 0 Å². The second-order valence-electron chi connectivity index (χ2n) is 6.35. The topological polar surface area (TPSA) is 76.7 Å². The predicted molar refractivity (Wildman–Crippen MR) is 113 cm³/mol. The number of anilines is 2. The summed E-state index contributed by atoms with van der Waals surface area (Å²) in [5.74, 6) is 0.689. The normalized spacial score (nSPS) is 10.2. The molecule has 0 fully saturated rings. The highest BCUT2D eigenvalue weighted by Crippen LogP contribution is 2.25. The molecule has 0 aromatic heterocycles. The lowest BCUT2D eigenvalue weighted by atomic mass is 10.1. The Morgan fingerprint density at radius 3 is 1.52 bits per heavy atom. The molecule has 3 aromatic carbocycles. The third-order valence-electron chi connectivity index (χ3n) is 4.49. The van der Waals surface area contributed by atoms with Gasteiger partial charge >= 0.3 is 0 Å². The van der Waals surface area contributed by atoms with Crippen molar-refractivity contribution in [3.05, 3.63) is 83.4 Å². The molecule has 6 nitrogen and oxygen atoms in total. The Morgan fingerprint density at radius 2 is 1.10 bits per heavy atom. The van der Waals surface area contributed by atoms with Crippen LogP contribution in [0.5, 0.6) is 11.5 Å². The first kappa shape index (κ1) is 19.9. The van der Waals surface area contributed by atoms with Gasteiger partial charge in [-0.3, -0.25) is 9.59 Å². The first-order chi connectivity index (χ1) is 14.0. The molecule has 6 heteroatoms. The van der Waals surface area contributed by atoms with Crippen LogP contribution in [0.3, 0.4) is 0 Å². The SMILES string of the molecule is COc1cccc(C(=O)Nc2cccc(NC(=O)c3cccc(OC)c3)c2C)c1. The minimum atomic E-state index is -0.261. The molecule has 0 atom stereocenters. The van der Waals surface area contributed by atoms with E-state index in [0.29, 0.717) is 34.0 Å². The lowest BCUT2D eigenvalue weighted by molar-refractivity contribution is 0.101. The molecule has 0 saturated heterocycles. The standard InChI is InChI=1S/C23H22N2O4/c1-15-20(24-22(26)16-7-4-9-18(13-16)28-2)11-6-12-21(15)25-23(27)17-8-5-10-19(14-17)29-3/h4-14H,1-3H3,(H,24,26)(H,25,27). The van der Waals surface area contributed by atoms with E-state index in [2.05, 4.69) is 10.6 Å². The summed E-state index contributed by atoms with van der Waals surface area (Å²) in [7, 11) is 3.10. The Bertz CT molecular complexity index is 967. The van der Waals surface area contributed by atoms with Gasteiger partial charge in [-0.1, -0.05) is 18.2 Å². The molecule has 0 spiro atoms. The molecule has 3 rings (SSSR count). The number of methoxy groups -OCH3 is 2. The number of carbonyl (C=O) groups is 2. The quantitative estimate of drug-likeness (QED) is 0.649. The molecule has 0 aliphatic carbocycles. The number of hydrogen-bond donors (Lipinski definition) is 2. The average Bonchev–Trinajstić information content (AvgIpc) is 2.76. The number of hydrogen-bond acceptors (Lipinski definition) is 4. The van der Waals surface area contributed by atoms with Crippen LogP contribution in [0, 0.1) is 6.92 Å². The van der Waals surface area contributed by atoms with Gasteiger partial charge in [-0.05, 0) is 61.0 Å². The highest BCUT2D eigenvalue weighted by molar-refractivity contribution is 6.07. The Morgan fingerprint density at radius 1 is 0.690 bits per heavy atom. The van der Waals surface area contributed by atoms with Crippen LogP contribution >= 0.6 is 0 Å². The Balaban J connectivity index is 1.78. The van der Waals surface area contributed by atoms with Crippen molar-refractivity contribution in [3.8, 4) is 11.5 Å². The van der Waals surface area contributed by atoms with Crippen LogP contribution < -0.4 is 20.1 Å². The van der Waals surface area contributed by atoms with E-state index in [-0.39, 0.29) is 11.8 Å². The molecule has 0 radical (unpaired) electrons. The lowest BCUT2D eigenvalue weighted by Crippen LogP contribution is -2.16. The molecule has 0 saturated carbocycles. The van der Waals surface area contributed by atoms with Gasteiger partial charge in [0, 0.05) is 22.5 Å². The van der Waals surface area contributed by atoms with Crippen molar-refractivity contribution in [2.24, 2.45) is 0 Å². The van der Waals surface area contributed by atoms with E-state index in [4.69, 9.17) is 9.47 Å². The third kappa shape index (κ3) is 4.73. The molecule has 0 aliphatic rings. The van der Waals surface area contributed by atoms with Gasteiger partial charge in [0.2, 0.25) is 0 Å². The molecular formula is C23H22N2O4. The molecular weight excluding hydrogens is 368 g/mol. The minimum Gasteiger partial charge on any atom is -0.497 e.